The van der Waals surface area contributed by atoms with E-state index in [2.05, 4.69) is 16.0 Å². The lowest BCUT2D eigenvalue weighted by molar-refractivity contribution is -0.116. The molecule has 0 bridgehead atoms. The van der Waals surface area contributed by atoms with Gasteiger partial charge in [-0.1, -0.05) is 61.5 Å². The molecule has 0 fully saturated rings. The van der Waals surface area contributed by atoms with Crippen LogP contribution in [0.1, 0.15) is 29.3 Å². The molecule has 1 atom stereocenters. The minimum Gasteiger partial charge on any atom is -0.496 e. The van der Waals surface area contributed by atoms with Crippen LogP contribution >= 0.6 is 11.8 Å². The summed E-state index contributed by atoms with van der Waals surface area (Å²) >= 11 is 1.39. The lowest BCUT2D eigenvalue weighted by atomic mass is 10.1. The highest BCUT2D eigenvalue weighted by atomic mass is 32.2. The number of benzene rings is 4. The van der Waals surface area contributed by atoms with E-state index in [0.29, 0.717) is 40.4 Å². The Balaban J connectivity index is 1.52. The molecule has 1 unspecified atom stereocenters. The maximum Gasteiger partial charge on any atom is 0.272 e. The van der Waals surface area contributed by atoms with Crippen molar-refractivity contribution >= 4 is 46.9 Å². The number of amides is 3. The van der Waals surface area contributed by atoms with Crippen LogP contribution in [-0.4, -0.2) is 37.2 Å². The van der Waals surface area contributed by atoms with Crippen molar-refractivity contribution in [3.8, 4) is 11.5 Å². The molecule has 0 spiro atoms. The fourth-order valence-corrected chi connectivity index (χ4v) is 5.19. The molecule has 0 aromatic heterocycles. The van der Waals surface area contributed by atoms with Gasteiger partial charge in [0.2, 0.25) is 5.91 Å². The maximum absolute atomic E-state index is 13.5. The van der Waals surface area contributed by atoms with E-state index >= 15 is 0 Å². The molecule has 0 heterocycles. The van der Waals surface area contributed by atoms with Crippen LogP contribution in [0, 0.1) is 0 Å². The first kappa shape index (κ1) is 30.9. The summed E-state index contributed by atoms with van der Waals surface area (Å²) in [5, 5.41) is 8.18. The first-order valence-corrected chi connectivity index (χ1v) is 14.5. The Morgan fingerprint density at radius 2 is 1.47 bits per heavy atom. The molecule has 4 rings (SSSR count). The van der Waals surface area contributed by atoms with Gasteiger partial charge in [0.05, 0.1) is 25.2 Å². The summed E-state index contributed by atoms with van der Waals surface area (Å²) < 4.78 is 10.8. The van der Waals surface area contributed by atoms with Crippen molar-refractivity contribution in [1.82, 2.24) is 5.32 Å². The van der Waals surface area contributed by atoms with Crippen LogP contribution in [0.4, 0.5) is 11.4 Å². The highest BCUT2D eigenvalue weighted by molar-refractivity contribution is 8.00. The molecule has 3 amide bonds. The van der Waals surface area contributed by atoms with Crippen LogP contribution in [0.25, 0.3) is 6.08 Å². The second-order valence-electron chi connectivity index (χ2n) is 9.31. The lowest BCUT2D eigenvalue weighted by Crippen LogP contribution is -2.30. The van der Waals surface area contributed by atoms with Gasteiger partial charge in [-0.2, -0.15) is 0 Å². The summed E-state index contributed by atoms with van der Waals surface area (Å²) in [5.74, 6) is 0.0392. The van der Waals surface area contributed by atoms with Crippen molar-refractivity contribution in [2.45, 2.75) is 23.5 Å². The van der Waals surface area contributed by atoms with E-state index in [0.717, 1.165) is 4.90 Å². The molecule has 43 heavy (non-hydrogen) atoms. The zero-order valence-electron chi connectivity index (χ0n) is 24.1. The van der Waals surface area contributed by atoms with Crippen molar-refractivity contribution in [3.05, 3.63) is 120 Å². The van der Waals surface area contributed by atoms with Gasteiger partial charge in [0.15, 0.2) is 0 Å². The average molecular weight is 596 g/mol. The fraction of sp³-hybridized carbons (Fsp3) is 0.147. The molecule has 8 nitrogen and oxygen atoms in total. The third-order valence-electron chi connectivity index (χ3n) is 6.37. The third-order valence-corrected chi connectivity index (χ3v) is 7.72. The normalized spacial score (nSPS) is 11.7. The van der Waals surface area contributed by atoms with E-state index in [-0.39, 0.29) is 16.9 Å². The summed E-state index contributed by atoms with van der Waals surface area (Å²) in [6, 6.07) is 30.3. The second kappa shape index (κ2) is 15.3. The van der Waals surface area contributed by atoms with Gasteiger partial charge in [-0.25, -0.2) is 0 Å². The Morgan fingerprint density at radius 3 is 2.19 bits per heavy atom. The molecule has 9 heteroatoms. The van der Waals surface area contributed by atoms with Gasteiger partial charge in [-0.05, 0) is 61.0 Å². The smallest absolute Gasteiger partial charge is 0.272 e. The molecular weight excluding hydrogens is 562 g/mol. The fourth-order valence-electron chi connectivity index (χ4n) is 4.18. The molecule has 220 valence electrons. The van der Waals surface area contributed by atoms with Crippen LogP contribution in [0.3, 0.4) is 0 Å². The third kappa shape index (κ3) is 8.50. The van der Waals surface area contributed by atoms with Crippen molar-refractivity contribution in [1.29, 1.82) is 0 Å². The van der Waals surface area contributed by atoms with Crippen LogP contribution in [0.5, 0.6) is 11.5 Å². The predicted molar refractivity (Wildman–Crippen MR) is 172 cm³/mol. The SMILES string of the molecule is CCC(Sc1cccc(NC(=O)/C(=C\c2ccccc2OC)NC(=O)c2ccccc2)c1)C(=O)Nc1ccccc1OC. The summed E-state index contributed by atoms with van der Waals surface area (Å²) in [4.78, 5) is 40.4. The Kier molecular flexibility index (Phi) is 11.0. The average Bonchev–Trinajstić information content (AvgIpc) is 3.04. The number of hydrogen-bond donors (Lipinski definition) is 3. The molecular formula is C34H33N3O5S. The van der Waals surface area contributed by atoms with E-state index < -0.39 is 11.8 Å². The topological polar surface area (TPSA) is 106 Å². The van der Waals surface area contributed by atoms with Crippen molar-refractivity contribution in [2.24, 2.45) is 0 Å². The lowest BCUT2D eigenvalue weighted by Gasteiger charge is -2.17. The van der Waals surface area contributed by atoms with Crippen LogP contribution in [-0.2, 0) is 9.59 Å². The second-order valence-corrected chi connectivity index (χ2v) is 10.6. The van der Waals surface area contributed by atoms with Gasteiger partial charge in [-0.3, -0.25) is 14.4 Å². The van der Waals surface area contributed by atoms with Gasteiger partial charge in [-0.15, -0.1) is 11.8 Å². The van der Waals surface area contributed by atoms with Gasteiger partial charge in [0, 0.05) is 21.7 Å². The Labute approximate surface area is 255 Å². The molecule has 3 N–H and O–H groups in total. The van der Waals surface area contributed by atoms with Crippen molar-refractivity contribution < 1.29 is 23.9 Å². The largest absolute Gasteiger partial charge is 0.496 e. The molecule has 0 radical (unpaired) electrons. The Morgan fingerprint density at radius 1 is 0.791 bits per heavy atom. The minimum atomic E-state index is -0.515. The predicted octanol–water partition coefficient (Wildman–Crippen LogP) is 6.62. The number of nitrogens with one attached hydrogen (secondary N) is 3. The number of rotatable bonds is 12. The summed E-state index contributed by atoms with van der Waals surface area (Å²) in [7, 11) is 3.10. The van der Waals surface area contributed by atoms with Crippen LogP contribution in [0.15, 0.2) is 114 Å². The molecule has 0 saturated carbocycles. The Bertz CT molecular complexity index is 1610. The van der Waals surface area contributed by atoms with Crippen molar-refractivity contribution in [2.75, 3.05) is 24.9 Å². The summed E-state index contributed by atoms with van der Waals surface area (Å²) in [6.45, 7) is 1.94. The number of para-hydroxylation sites is 3. The zero-order chi connectivity index (χ0) is 30.6. The number of carbonyl (C=O) groups excluding carboxylic acids is 3. The van der Waals surface area contributed by atoms with E-state index in [1.807, 2.05) is 43.3 Å². The van der Waals surface area contributed by atoms with E-state index in [1.54, 1.807) is 79.9 Å². The number of anilines is 2. The van der Waals surface area contributed by atoms with Gasteiger partial charge >= 0.3 is 0 Å². The van der Waals surface area contributed by atoms with Gasteiger partial charge in [0.25, 0.3) is 11.8 Å². The summed E-state index contributed by atoms with van der Waals surface area (Å²) in [5.41, 5.74) is 2.19. The highest BCUT2D eigenvalue weighted by Crippen LogP contribution is 2.30. The van der Waals surface area contributed by atoms with Gasteiger partial charge < -0.3 is 25.4 Å². The first-order chi connectivity index (χ1) is 20.9. The molecule has 0 aliphatic heterocycles. The van der Waals surface area contributed by atoms with Crippen LogP contribution < -0.4 is 25.4 Å². The Hall–Kier alpha value is -5.02. The monoisotopic (exact) mass is 595 g/mol. The van der Waals surface area contributed by atoms with Crippen molar-refractivity contribution in [3.63, 3.8) is 0 Å². The first-order valence-electron chi connectivity index (χ1n) is 13.6. The quantitative estimate of drug-likeness (QED) is 0.126. The molecule has 0 saturated heterocycles. The number of thioether (sulfide) groups is 1. The number of ether oxygens (including phenoxy) is 2. The number of methoxy groups -OCH3 is 2. The van der Waals surface area contributed by atoms with E-state index in [4.69, 9.17) is 9.47 Å². The summed E-state index contributed by atoms with van der Waals surface area (Å²) in [6.07, 6.45) is 2.16. The molecule has 4 aromatic rings. The minimum absolute atomic E-state index is 0.0408. The number of carbonyl (C=O) groups is 3. The molecule has 0 aliphatic carbocycles. The van der Waals surface area contributed by atoms with Gasteiger partial charge in [0.1, 0.15) is 17.2 Å². The number of hydrogen-bond acceptors (Lipinski definition) is 6. The van der Waals surface area contributed by atoms with E-state index in [9.17, 15) is 14.4 Å². The highest BCUT2D eigenvalue weighted by Gasteiger charge is 2.20. The molecule has 4 aromatic carbocycles. The molecule has 0 aliphatic rings. The van der Waals surface area contributed by atoms with Crippen LogP contribution in [0.2, 0.25) is 0 Å². The zero-order valence-corrected chi connectivity index (χ0v) is 24.9. The maximum atomic E-state index is 13.5. The standard InChI is InChI=1S/C34H33N3O5S/c1-4-31(34(40)36-27-18-9-11-20-30(27)42-3)43-26-17-12-16-25(22-26)35-33(39)28(21-24-15-8-10-19-29(24)41-2)37-32(38)23-13-6-5-7-14-23/h5-22,31H,4H2,1-3H3,(H,35,39)(H,36,40)(H,37,38)/b28-21+. The van der Waals surface area contributed by atoms with E-state index in [1.165, 1.54) is 18.9 Å².